The highest BCUT2D eigenvalue weighted by Crippen LogP contribution is 2.23. The van der Waals surface area contributed by atoms with Gasteiger partial charge < -0.3 is 16.0 Å². The number of hydrogen-bond acceptors (Lipinski definition) is 5. The molecule has 0 aromatic heterocycles. The summed E-state index contributed by atoms with van der Waals surface area (Å²) in [6.45, 7) is 1.68. The van der Waals surface area contributed by atoms with Gasteiger partial charge in [0.05, 0.1) is 12.5 Å². The molecule has 1 aromatic rings. The number of amides is 3. The number of nitrogens with zero attached hydrogens (tertiary/aromatic N) is 1. The van der Waals surface area contributed by atoms with Gasteiger partial charge in [-0.15, -0.1) is 0 Å². The molecule has 2 rings (SSSR count). The molecule has 154 valence electrons. The van der Waals surface area contributed by atoms with Crippen LogP contribution in [0.2, 0.25) is 0 Å². The lowest BCUT2D eigenvalue weighted by molar-refractivity contribution is -0.135. The van der Waals surface area contributed by atoms with Gasteiger partial charge in [-0.25, -0.2) is 5.48 Å². The maximum absolute atomic E-state index is 12.4. The number of carbonyl (C=O) groups is 3. The Morgan fingerprint density at radius 2 is 1.86 bits per heavy atom. The van der Waals surface area contributed by atoms with Gasteiger partial charge >= 0.3 is 0 Å². The fraction of sp³-hybridized carbons (Fsp3) is 0.550. The van der Waals surface area contributed by atoms with Crippen LogP contribution >= 0.6 is 0 Å². The molecule has 3 amide bonds. The lowest BCUT2D eigenvalue weighted by atomic mass is 9.91. The molecule has 0 bridgehead atoms. The zero-order valence-corrected chi connectivity index (χ0v) is 16.1. The van der Waals surface area contributed by atoms with E-state index >= 15 is 0 Å². The van der Waals surface area contributed by atoms with Gasteiger partial charge in [0.2, 0.25) is 17.7 Å². The summed E-state index contributed by atoms with van der Waals surface area (Å²) in [6, 6.07) is 8.68. The Morgan fingerprint density at radius 1 is 1.18 bits per heavy atom. The lowest BCUT2D eigenvalue weighted by Crippen LogP contribution is -2.46. The monoisotopic (exact) mass is 390 g/mol. The van der Waals surface area contributed by atoms with Crippen molar-refractivity contribution in [3.8, 4) is 0 Å². The van der Waals surface area contributed by atoms with E-state index in [4.69, 9.17) is 10.9 Å². The minimum atomic E-state index is -0.856. The van der Waals surface area contributed by atoms with Crippen molar-refractivity contribution in [2.24, 2.45) is 11.7 Å². The first-order chi connectivity index (χ1) is 13.5. The smallest absolute Gasteiger partial charge is 0.243 e. The molecule has 1 aliphatic heterocycles. The molecule has 1 fully saturated rings. The molecule has 0 spiro atoms. The molecule has 0 radical (unpaired) electrons. The van der Waals surface area contributed by atoms with E-state index in [1.807, 2.05) is 30.3 Å². The van der Waals surface area contributed by atoms with Crippen molar-refractivity contribution in [2.45, 2.75) is 51.1 Å². The SMILES string of the molecule is N[C@H](CC(=O)N1CCC(CCCC(=O)NO)CC1)C(=O)NCc1ccccc1. The summed E-state index contributed by atoms with van der Waals surface area (Å²) < 4.78 is 0. The van der Waals surface area contributed by atoms with E-state index in [9.17, 15) is 14.4 Å². The van der Waals surface area contributed by atoms with E-state index in [2.05, 4.69) is 5.32 Å². The molecule has 1 atom stereocenters. The molecule has 1 heterocycles. The second-order valence-corrected chi connectivity index (χ2v) is 7.27. The molecule has 1 saturated heterocycles. The Morgan fingerprint density at radius 3 is 2.50 bits per heavy atom. The van der Waals surface area contributed by atoms with E-state index in [0.717, 1.165) is 31.2 Å². The molecule has 1 aromatic carbocycles. The topological polar surface area (TPSA) is 125 Å². The summed E-state index contributed by atoms with van der Waals surface area (Å²) >= 11 is 0. The Hall–Kier alpha value is -2.45. The third kappa shape index (κ3) is 7.28. The molecule has 0 aliphatic carbocycles. The minimum Gasteiger partial charge on any atom is -0.351 e. The Labute approximate surface area is 165 Å². The standard InChI is InChI=1S/C20H30N4O4/c21-17(20(27)22-14-16-5-2-1-3-6-16)13-19(26)24-11-9-15(10-12-24)7-4-8-18(25)23-28/h1-3,5-6,15,17,28H,4,7-14,21H2,(H,22,27)(H,23,25)/t17-/m1/s1. The van der Waals surface area contributed by atoms with Gasteiger partial charge in [0.15, 0.2) is 0 Å². The van der Waals surface area contributed by atoms with Gasteiger partial charge in [-0.1, -0.05) is 30.3 Å². The molecular formula is C20H30N4O4. The van der Waals surface area contributed by atoms with Crippen molar-refractivity contribution in [2.75, 3.05) is 13.1 Å². The number of hydroxylamine groups is 1. The van der Waals surface area contributed by atoms with Crippen LogP contribution < -0.4 is 16.5 Å². The van der Waals surface area contributed by atoms with Crippen LogP contribution in [0.1, 0.15) is 44.1 Å². The Bertz CT molecular complexity index is 645. The molecule has 28 heavy (non-hydrogen) atoms. The minimum absolute atomic E-state index is 0.00195. The number of nitrogens with one attached hydrogen (secondary N) is 2. The second kappa shape index (κ2) is 11.4. The van der Waals surface area contributed by atoms with Gasteiger partial charge in [0.25, 0.3) is 0 Å². The van der Waals surface area contributed by atoms with Crippen LogP contribution in [0.4, 0.5) is 0 Å². The highest BCUT2D eigenvalue weighted by molar-refractivity contribution is 5.88. The maximum atomic E-state index is 12.4. The number of benzene rings is 1. The van der Waals surface area contributed by atoms with Crippen molar-refractivity contribution in [1.29, 1.82) is 0 Å². The largest absolute Gasteiger partial charge is 0.351 e. The number of piperidine rings is 1. The number of likely N-dealkylation sites (tertiary alicyclic amines) is 1. The number of hydrogen-bond donors (Lipinski definition) is 4. The zero-order valence-electron chi connectivity index (χ0n) is 16.1. The number of rotatable bonds is 9. The van der Waals surface area contributed by atoms with E-state index in [0.29, 0.717) is 32.0 Å². The fourth-order valence-electron chi connectivity index (χ4n) is 3.40. The summed E-state index contributed by atoms with van der Waals surface area (Å²) in [4.78, 5) is 37.3. The molecule has 0 saturated carbocycles. The fourth-order valence-corrected chi connectivity index (χ4v) is 3.40. The van der Waals surface area contributed by atoms with Gasteiger partial charge in [-0.2, -0.15) is 0 Å². The van der Waals surface area contributed by atoms with Crippen LogP contribution in [0.3, 0.4) is 0 Å². The summed E-state index contributed by atoms with van der Waals surface area (Å²) in [7, 11) is 0. The van der Waals surface area contributed by atoms with Crippen molar-refractivity contribution in [3.05, 3.63) is 35.9 Å². The second-order valence-electron chi connectivity index (χ2n) is 7.27. The molecule has 8 heteroatoms. The molecule has 0 unspecified atom stereocenters. The number of nitrogens with two attached hydrogens (primary N) is 1. The lowest BCUT2D eigenvalue weighted by Gasteiger charge is -2.32. The van der Waals surface area contributed by atoms with Gasteiger partial charge in [0.1, 0.15) is 0 Å². The summed E-state index contributed by atoms with van der Waals surface area (Å²) in [5, 5.41) is 11.3. The molecule has 8 nitrogen and oxygen atoms in total. The Kier molecular flexibility index (Phi) is 8.90. The molecule has 5 N–H and O–H groups in total. The van der Waals surface area contributed by atoms with Crippen molar-refractivity contribution in [3.63, 3.8) is 0 Å². The number of carbonyl (C=O) groups excluding carboxylic acids is 3. The third-order valence-corrected chi connectivity index (χ3v) is 5.15. The van der Waals surface area contributed by atoms with Crippen LogP contribution in [0.5, 0.6) is 0 Å². The third-order valence-electron chi connectivity index (χ3n) is 5.15. The van der Waals surface area contributed by atoms with Crippen LogP contribution in [0.25, 0.3) is 0 Å². The predicted octanol–water partition coefficient (Wildman–Crippen LogP) is 0.935. The predicted molar refractivity (Wildman–Crippen MR) is 104 cm³/mol. The van der Waals surface area contributed by atoms with Crippen LogP contribution in [-0.2, 0) is 20.9 Å². The maximum Gasteiger partial charge on any atom is 0.243 e. The van der Waals surface area contributed by atoms with Crippen molar-refractivity contribution in [1.82, 2.24) is 15.7 Å². The summed E-state index contributed by atoms with van der Waals surface area (Å²) in [5.41, 5.74) is 8.52. The summed E-state index contributed by atoms with van der Waals surface area (Å²) in [6.07, 6.45) is 3.68. The normalized spacial score (nSPS) is 15.7. The zero-order chi connectivity index (χ0) is 20.4. The van der Waals surface area contributed by atoms with E-state index in [1.54, 1.807) is 10.4 Å². The van der Waals surface area contributed by atoms with Crippen LogP contribution in [0.15, 0.2) is 30.3 Å². The summed E-state index contributed by atoms with van der Waals surface area (Å²) in [5.74, 6) is -0.319. The van der Waals surface area contributed by atoms with E-state index in [1.165, 1.54) is 0 Å². The quantitative estimate of drug-likeness (QED) is 0.369. The van der Waals surface area contributed by atoms with Gasteiger partial charge in [-0.05, 0) is 37.2 Å². The average molecular weight is 390 g/mol. The first-order valence-corrected chi connectivity index (χ1v) is 9.77. The van der Waals surface area contributed by atoms with Crippen molar-refractivity contribution >= 4 is 17.7 Å². The first-order valence-electron chi connectivity index (χ1n) is 9.77. The van der Waals surface area contributed by atoms with E-state index in [-0.39, 0.29) is 24.1 Å². The first kappa shape index (κ1) is 21.8. The van der Waals surface area contributed by atoms with Crippen LogP contribution in [0, 0.1) is 5.92 Å². The molecular weight excluding hydrogens is 360 g/mol. The molecule has 1 aliphatic rings. The average Bonchev–Trinajstić information content (AvgIpc) is 2.72. The Balaban J connectivity index is 1.65. The van der Waals surface area contributed by atoms with E-state index < -0.39 is 6.04 Å². The highest BCUT2D eigenvalue weighted by Gasteiger charge is 2.25. The van der Waals surface area contributed by atoms with Gasteiger partial charge in [0, 0.05) is 26.1 Å². The highest BCUT2D eigenvalue weighted by atomic mass is 16.5. The van der Waals surface area contributed by atoms with Crippen LogP contribution in [-0.4, -0.2) is 47.0 Å². The van der Waals surface area contributed by atoms with Gasteiger partial charge in [-0.3, -0.25) is 19.6 Å². The van der Waals surface area contributed by atoms with Crippen molar-refractivity contribution < 1.29 is 19.6 Å².